The average molecular weight is 536 g/mol. The van der Waals surface area contributed by atoms with Gasteiger partial charge in [-0.2, -0.15) is 0 Å². The monoisotopic (exact) mass is 536 g/mol. The second-order valence-electron chi connectivity index (χ2n) is 7.65. The summed E-state index contributed by atoms with van der Waals surface area (Å²) < 4.78 is 10.7. The number of rotatable bonds is 5. The summed E-state index contributed by atoms with van der Waals surface area (Å²) in [7, 11) is 3.26. The molecule has 7 nitrogen and oxygen atoms in total. The fourth-order valence-electron chi connectivity index (χ4n) is 4.14. The molecule has 0 amide bonds. The lowest BCUT2D eigenvalue weighted by molar-refractivity contribution is -0.145. The topological polar surface area (TPSA) is 66.4 Å². The molecule has 3 rings (SSSR count). The molecule has 0 radical (unpaired) electrons. The molecule has 0 spiro atoms. The van der Waals surface area contributed by atoms with E-state index in [4.69, 9.17) is 9.47 Å². The Labute approximate surface area is 194 Å². The molecule has 1 aromatic rings. The Hall–Kier alpha value is -0.910. The minimum atomic E-state index is -0.135. The second kappa shape index (κ2) is 11.5. The van der Waals surface area contributed by atoms with Gasteiger partial charge in [0.1, 0.15) is 0 Å². The first kappa shape index (κ1) is 24.4. The van der Waals surface area contributed by atoms with E-state index >= 15 is 0 Å². The third-order valence-corrected chi connectivity index (χ3v) is 6.64. The van der Waals surface area contributed by atoms with Crippen molar-refractivity contribution < 1.29 is 14.3 Å². The molecule has 4 atom stereocenters. The molecule has 4 unspecified atom stereocenters. The SMILES string of the molecule is CN=C(NCC(c1cccs1)N1CCOC(C)C1)N1CC(C)C(C(=O)OC)C1.I. The molecule has 1 N–H and O–H groups in total. The Morgan fingerprint density at radius 1 is 1.41 bits per heavy atom. The van der Waals surface area contributed by atoms with Crippen LogP contribution in [0.25, 0.3) is 0 Å². The summed E-state index contributed by atoms with van der Waals surface area (Å²) in [5.74, 6) is 0.862. The maximum absolute atomic E-state index is 12.0. The second-order valence-corrected chi connectivity index (χ2v) is 8.63. The quantitative estimate of drug-likeness (QED) is 0.270. The van der Waals surface area contributed by atoms with Crippen LogP contribution in [0.15, 0.2) is 22.5 Å². The predicted molar refractivity (Wildman–Crippen MR) is 127 cm³/mol. The third-order valence-electron chi connectivity index (χ3n) is 5.67. The molecule has 0 bridgehead atoms. The van der Waals surface area contributed by atoms with E-state index in [-0.39, 0.29) is 53.9 Å². The van der Waals surface area contributed by atoms with E-state index in [2.05, 4.69) is 51.5 Å². The van der Waals surface area contributed by atoms with Gasteiger partial charge in [-0.3, -0.25) is 14.7 Å². The Morgan fingerprint density at radius 3 is 2.83 bits per heavy atom. The van der Waals surface area contributed by atoms with Gasteiger partial charge in [-0.15, -0.1) is 35.3 Å². The highest BCUT2D eigenvalue weighted by atomic mass is 127. The molecule has 2 aliphatic heterocycles. The Kier molecular flexibility index (Phi) is 9.64. The number of halogens is 1. The molecule has 3 heterocycles. The number of nitrogens with zero attached hydrogens (tertiary/aromatic N) is 3. The van der Waals surface area contributed by atoms with E-state index in [0.717, 1.165) is 38.7 Å². The van der Waals surface area contributed by atoms with Crippen LogP contribution in [0, 0.1) is 11.8 Å². The van der Waals surface area contributed by atoms with Gasteiger partial charge in [0.15, 0.2) is 5.96 Å². The lowest BCUT2D eigenvalue weighted by Gasteiger charge is -2.37. The number of carbonyl (C=O) groups is 1. The lowest BCUT2D eigenvalue weighted by Crippen LogP contribution is -2.48. The number of esters is 1. The smallest absolute Gasteiger partial charge is 0.310 e. The molecule has 2 aliphatic rings. The van der Waals surface area contributed by atoms with Crippen molar-refractivity contribution >= 4 is 47.2 Å². The third kappa shape index (κ3) is 6.05. The van der Waals surface area contributed by atoms with Gasteiger partial charge in [0.2, 0.25) is 0 Å². The first-order valence-electron chi connectivity index (χ1n) is 9.96. The molecule has 164 valence electrons. The van der Waals surface area contributed by atoms with Gasteiger partial charge in [0, 0.05) is 44.6 Å². The fraction of sp³-hybridized carbons (Fsp3) is 0.700. The van der Waals surface area contributed by atoms with Crippen molar-refractivity contribution in [3.05, 3.63) is 22.4 Å². The molecule has 0 aliphatic carbocycles. The number of aliphatic imine (C=N–C) groups is 1. The lowest BCUT2D eigenvalue weighted by atomic mass is 9.99. The number of guanidine groups is 1. The van der Waals surface area contributed by atoms with Crippen molar-refractivity contribution in [2.24, 2.45) is 16.8 Å². The summed E-state index contributed by atoms with van der Waals surface area (Å²) >= 11 is 1.79. The molecule has 29 heavy (non-hydrogen) atoms. The molecular formula is C20H33IN4O3S. The van der Waals surface area contributed by atoms with Crippen molar-refractivity contribution in [1.82, 2.24) is 15.1 Å². The molecule has 1 aromatic heterocycles. The number of methoxy groups -OCH3 is 1. The number of ether oxygens (including phenoxy) is 2. The van der Waals surface area contributed by atoms with Crippen molar-refractivity contribution in [2.75, 3.05) is 53.5 Å². The van der Waals surface area contributed by atoms with Gasteiger partial charge in [-0.05, 0) is 24.3 Å². The van der Waals surface area contributed by atoms with Gasteiger partial charge in [0.05, 0.1) is 31.8 Å². The van der Waals surface area contributed by atoms with Crippen molar-refractivity contribution in [3.63, 3.8) is 0 Å². The molecule has 9 heteroatoms. The summed E-state index contributed by atoms with van der Waals surface area (Å²) in [5.41, 5.74) is 0. The normalized spacial score (nSPS) is 26.7. The van der Waals surface area contributed by atoms with Crippen molar-refractivity contribution in [1.29, 1.82) is 0 Å². The Balaban J connectivity index is 0.00000300. The maximum Gasteiger partial charge on any atom is 0.310 e. The number of morpholine rings is 1. The minimum absolute atomic E-state index is 0. The van der Waals surface area contributed by atoms with Crippen molar-refractivity contribution in [3.8, 4) is 0 Å². The molecule has 0 aromatic carbocycles. The van der Waals surface area contributed by atoms with Crippen LogP contribution >= 0.6 is 35.3 Å². The van der Waals surface area contributed by atoms with Crippen LogP contribution in [0.2, 0.25) is 0 Å². The average Bonchev–Trinajstić information content (AvgIpc) is 3.35. The van der Waals surface area contributed by atoms with Crippen LogP contribution in [0.3, 0.4) is 0 Å². The zero-order chi connectivity index (χ0) is 20.1. The van der Waals surface area contributed by atoms with Crippen LogP contribution < -0.4 is 5.32 Å². The standard InChI is InChI=1S/C20H32N4O3S.HI/c1-14-11-24(13-16(14)19(25)26-4)20(21-3)22-10-17(18-6-5-9-28-18)23-7-8-27-15(2)12-23;/h5-6,9,14-17H,7-8,10-13H2,1-4H3,(H,21,22);1H. The molecule has 0 saturated carbocycles. The summed E-state index contributed by atoms with van der Waals surface area (Å²) in [6, 6.07) is 4.58. The Bertz CT molecular complexity index is 673. The number of hydrogen-bond acceptors (Lipinski definition) is 6. The highest BCUT2D eigenvalue weighted by Crippen LogP contribution is 2.27. The zero-order valence-corrected chi connectivity index (χ0v) is 20.8. The van der Waals surface area contributed by atoms with Crippen LogP contribution in [0.5, 0.6) is 0 Å². The van der Waals surface area contributed by atoms with Crippen molar-refractivity contribution in [2.45, 2.75) is 26.0 Å². The van der Waals surface area contributed by atoms with Gasteiger partial charge in [-0.25, -0.2) is 0 Å². The van der Waals surface area contributed by atoms with Gasteiger partial charge in [-0.1, -0.05) is 13.0 Å². The highest BCUT2D eigenvalue weighted by molar-refractivity contribution is 14.0. The van der Waals surface area contributed by atoms with E-state index in [1.165, 1.54) is 12.0 Å². The van der Waals surface area contributed by atoms with Crippen LogP contribution in [-0.4, -0.2) is 81.3 Å². The maximum atomic E-state index is 12.0. The van der Waals surface area contributed by atoms with E-state index in [9.17, 15) is 4.79 Å². The first-order chi connectivity index (χ1) is 13.5. The van der Waals surface area contributed by atoms with Crippen LogP contribution in [0.1, 0.15) is 24.8 Å². The van der Waals surface area contributed by atoms with Gasteiger partial charge < -0.3 is 19.7 Å². The number of carbonyl (C=O) groups excluding carboxylic acids is 1. The zero-order valence-electron chi connectivity index (χ0n) is 17.7. The van der Waals surface area contributed by atoms with E-state index < -0.39 is 0 Å². The minimum Gasteiger partial charge on any atom is -0.469 e. The molecule has 2 saturated heterocycles. The van der Waals surface area contributed by atoms with E-state index in [1.54, 1.807) is 18.4 Å². The number of hydrogen-bond donors (Lipinski definition) is 1. The fourth-order valence-corrected chi connectivity index (χ4v) is 5.00. The molecular weight excluding hydrogens is 503 g/mol. The first-order valence-corrected chi connectivity index (χ1v) is 10.8. The highest BCUT2D eigenvalue weighted by Gasteiger charge is 2.37. The van der Waals surface area contributed by atoms with Gasteiger partial charge in [0.25, 0.3) is 0 Å². The Morgan fingerprint density at radius 2 is 2.21 bits per heavy atom. The van der Waals surface area contributed by atoms with Gasteiger partial charge >= 0.3 is 5.97 Å². The van der Waals surface area contributed by atoms with Crippen LogP contribution in [-0.2, 0) is 14.3 Å². The number of likely N-dealkylation sites (tertiary alicyclic amines) is 1. The number of thiophene rings is 1. The molecule has 2 fully saturated rings. The predicted octanol–water partition coefficient (Wildman–Crippen LogP) is 2.44. The summed E-state index contributed by atoms with van der Waals surface area (Å²) in [5, 5.41) is 5.69. The van der Waals surface area contributed by atoms with E-state index in [0.29, 0.717) is 6.54 Å². The largest absolute Gasteiger partial charge is 0.469 e. The van der Waals surface area contributed by atoms with Crippen LogP contribution in [0.4, 0.5) is 0 Å². The summed E-state index contributed by atoms with van der Waals surface area (Å²) in [6.07, 6.45) is 0.246. The number of nitrogens with one attached hydrogen (secondary N) is 1. The summed E-state index contributed by atoms with van der Waals surface area (Å²) in [4.78, 5) is 22.5. The summed E-state index contributed by atoms with van der Waals surface area (Å²) in [6.45, 7) is 9.06. The van der Waals surface area contributed by atoms with E-state index in [1.807, 2.05) is 0 Å².